The van der Waals surface area contributed by atoms with Gasteiger partial charge in [-0.15, -0.1) is 0 Å². The average molecular weight is 1110 g/mol. The molecule has 426 valence electrons. The molecule has 1 aromatic heterocycles. The van der Waals surface area contributed by atoms with Crippen molar-refractivity contribution in [2.45, 2.75) is 119 Å². The van der Waals surface area contributed by atoms with Gasteiger partial charge in [-0.3, -0.25) is 67.3 Å². The molecule has 0 radical (unpaired) electrons. The number of hydrogen-bond donors (Lipinski definition) is 17. The highest BCUT2D eigenvalue weighted by atomic mass is 16.4. The Morgan fingerprint density at radius 2 is 0.885 bits per heavy atom. The average Bonchev–Trinajstić information content (AvgIpc) is 3.35. The van der Waals surface area contributed by atoms with Crippen LogP contribution in [0.2, 0.25) is 0 Å². The van der Waals surface area contributed by atoms with E-state index >= 15 is 0 Å². The van der Waals surface area contributed by atoms with E-state index in [4.69, 9.17) is 10.8 Å². The van der Waals surface area contributed by atoms with Crippen LogP contribution in [0.4, 0.5) is 23.1 Å². The first-order valence-electron chi connectivity index (χ1n) is 23.7. The van der Waals surface area contributed by atoms with Gasteiger partial charge in [-0.05, 0) is 62.8 Å². The number of nitrogens with one attached hydrogen (secondary N) is 9. The lowest BCUT2D eigenvalue weighted by molar-refractivity contribution is -0.144. The molecule has 0 spiro atoms. The van der Waals surface area contributed by atoms with Crippen LogP contribution < -0.4 is 58.7 Å². The number of benzene rings is 1. The number of carbonyl (C=O) groups is 13. The number of carboxylic acid groups (broad SMARTS) is 7. The van der Waals surface area contributed by atoms with E-state index in [9.17, 15) is 97.8 Å². The Balaban J connectivity index is 1.83. The number of carbonyl (C=O) groups excluding carboxylic acids is 6. The Labute approximate surface area is 440 Å². The van der Waals surface area contributed by atoms with E-state index in [1.165, 1.54) is 24.3 Å². The number of aliphatic carboxylic acids is 7. The van der Waals surface area contributed by atoms with Crippen molar-refractivity contribution in [2.75, 3.05) is 41.4 Å². The minimum absolute atomic E-state index is 0.0316. The van der Waals surface area contributed by atoms with E-state index in [1.807, 2.05) is 5.32 Å². The van der Waals surface area contributed by atoms with Crippen molar-refractivity contribution in [3.05, 3.63) is 40.2 Å². The molecule has 6 amide bonds. The molecule has 1 aromatic carbocycles. The molecule has 0 fully saturated rings. The SMILES string of the molecule is CN1c2c(nc(N)[nH]c2=O)NCC1CNc1ccc(C(=O)N[C@@H](CCC(=O)O)C(=O)N[C@@H](CCC(=O)O)C(=O)N[C@@H](CCC(=O)O)C(=O)N[C@@H](CCC(=O)O)C(=O)N[C@@H](CCC(=O)O)C(=O)N[C@@H](CCC(=O)O)C(=O)O)cc1. The first kappa shape index (κ1) is 62.7. The van der Waals surface area contributed by atoms with Crippen molar-refractivity contribution in [3.63, 3.8) is 0 Å². The number of anilines is 4. The van der Waals surface area contributed by atoms with E-state index in [0.717, 1.165) is 0 Å². The zero-order chi connectivity index (χ0) is 58.4. The smallest absolute Gasteiger partial charge is 0.326 e. The molecule has 3 rings (SSSR count). The molecule has 0 bridgehead atoms. The maximum absolute atomic E-state index is 13.9. The first-order valence-corrected chi connectivity index (χ1v) is 23.7. The minimum atomic E-state index is -1.98. The van der Waals surface area contributed by atoms with Crippen LogP contribution in [0.5, 0.6) is 0 Å². The highest BCUT2D eigenvalue weighted by Gasteiger charge is 2.35. The summed E-state index contributed by atoms with van der Waals surface area (Å²) in [5.74, 6) is -17.9. The second-order valence-electron chi connectivity index (χ2n) is 17.5. The zero-order valence-corrected chi connectivity index (χ0v) is 41.6. The maximum atomic E-state index is 13.9. The molecule has 33 heteroatoms. The van der Waals surface area contributed by atoms with E-state index in [1.54, 1.807) is 11.9 Å². The largest absolute Gasteiger partial charge is 0.481 e. The molecule has 0 aliphatic carbocycles. The second-order valence-corrected chi connectivity index (χ2v) is 17.5. The molecular weight excluding hydrogens is 1040 g/mol. The number of fused-ring (bicyclic) bond motifs is 1. The lowest BCUT2D eigenvalue weighted by Crippen LogP contribution is -2.59. The van der Waals surface area contributed by atoms with Gasteiger partial charge in [0, 0.05) is 69.9 Å². The highest BCUT2D eigenvalue weighted by Crippen LogP contribution is 2.25. The number of aromatic amines is 1. The first-order chi connectivity index (χ1) is 36.6. The molecule has 78 heavy (non-hydrogen) atoms. The fourth-order valence-corrected chi connectivity index (χ4v) is 7.46. The Bertz CT molecular complexity index is 2650. The summed E-state index contributed by atoms with van der Waals surface area (Å²) in [5.41, 5.74) is 5.94. The highest BCUT2D eigenvalue weighted by molar-refractivity contribution is 6.00. The van der Waals surface area contributed by atoms with Crippen molar-refractivity contribution in [1.82, 2.24) is 41.9 Å². The van der Waals surface area contributed by atoms with Gasteiger partial charge in [0.25, 0.3) is 11.5 Å². The molecule has 1 aliphatic rings. The Hall–Kier alpha value is -9.59. The predicted octanol–water partition coefficient (Wildman–Crippen LogP) is -3.51. The summed E-state index contributed by atoms with van der Waals surface area (Å²) in [7, 11) is 1.69. The fourth-order valence-electron chi connectivity index (χ4n) is 7.46. The summed E-state index contributed by atoms with van der Waals surface area (Å²) in [6.45, 7) is 0.664. The standard InChI is InChI=1S/C45H60N12O21/c1-57-22(19-48-36-35(57)43(76)56-45(46)55-36)18-47-21-4-2-20(3-5-21)37(70)49-23(6-12-29(58)59)38(71)50-24(7-13-30(60)61)39(72)51-25(8-14-31(62)63)40(73)52-26(9-15-32(64)65)41(74)53-27(10-16-33(66)67)42(75)54-28(44(77)78)11-17-34(68)69/h2-5,22-28,47H,6-19H2,1H3,(H,49,70)(H,50,71)(H,51,72)(H,52,73)(H,53,74)(H,54,75)(H,58,59)(H,60,61)(H,62,63)(H,64,65)(H,66,67)(H,68,69)(H,77,78)(H4,46,48,55,56,76)/t22?,23-,24-,25-,26-,27-,28-/m0/s1. The number of hydrogen-bond acceptors (Lipinski definition) is 19. The summed E-state index contributed by atoms with van der Waals surface area (Å²) in [6.07, 6.45) is -9.08. The minimum Gasteiger partial charge on any atom is -0.481 e. The van der Waals surface area contributed by atoms with Gasteiger partial charge in [0.2, 0.25) is 35.5 Å². The van der Waals surface area contributed by atoms with Gasteiger partial charge in [-0.1, -0.05) is 0 Å². The topological polar surface area (TPSA) is 535 Å². The molecule has 33 nitrogen and oxygen atoms in total. The van der Waals surface area contributed by atoms with Crippen LogP contribution in [0.3, 0.4) is 0 Å². The molecule has 2 aromatic rings. The molecule has 0 saturated heterocycles. The van der Waals surface area contributed by atoms with Gasteiger partial charge < -0.3 is 88.9 Å². The van der Waals surface area contributed by atoms with Crippen LogP contribution in [0, 0.1) is 0 Å². The monoisotopic (exact) mass is 1100 g/mol. The Morgan fingerprint density at radius 1 is 0.551 bits per heavy atom. The predicted molar refractivity (Wildman–Crippen MR) is 265 cm³/mol. The van der Waals surface area contributed by atoms with E-state index in [0.29, 0.717) is 24.6 Å². The van der Waals surface area contributed by atoms with Crippen molar-refractivity contribution < 1.29 is 98.1 Å². The Kier molecular flexibility index (Phi) is 24.2. The van der Waals surface area contributed by atoms with Crippen molar-refractivity contribution >= 4 is 100 Å². The summed E-state index contributed by atoms with van der Waals surface area (Å²) < 4.78 is 0. The summed E-state index contributed by atoms with van der Waals surface area (Å²) in [4.78, 5) is 183. The van der Waals surface area contributed by atoms with Crippen molar-refractivity contribution in [3.8, 4) is 0 Å². The van der Waals surface area contributed by atoms with Crippen LogP contribution in [-0.4, -0.2) is 185 Å². The van der Waals surface area contributed by atoms with Gasteiger partial charge in [0.05, 0.1) is 6.04 Å². The molecular formula is C45H60N12O21. The lowest BCUT2D eigenvalue weighted by atomic mass is 10.0. The fraction of sp³-hybridized carbons (Fsp3) is 0.489. The van der Waals surface area contributed by atoms with Gasteiger partial charge in [-0.2, -0.15) is 4.98 Å². The quantitative estimate of drug-likeness (QED) is 0.0323. The van der Waals surface area contributed by atoms with E-state index in [2.05, 4.69) is 47.2 Å². The number of likely N-dealkylation sites (N-methyl/N-ethyl adjacent to an activating group) is 1. The molecule has 2 heterocycles. The van der Waals surface area contributed by atoms with Crippen molar-refractivity contribution in [1.29, 1.82) is 0 Å². The number of carboxylic acids is 7. The van der Waals surface area contributed by atoms with E-state index in [-0.39, 0.29) is 23.2 Å². The summed E-state index contributed by atoms with van der Waals surface area (Å²) in [6, 6.07) is -5.84. The van der Waals surface area contributed by atoms with Crippen LogP contribution in [-0.2, 0) is 57.5 Å². The van der Waals surface area contributed by atoms with Crippen LogP contribution in [0.1, 0.15) is 87.4 Å². The van der Waals surface area contributed by atoms with Crippen LogP contribution in [0.25, 0.3) is 0 Å². The molecule has 7 atom stereocenters. The molecule has 18 N–H and O–H groups in total. The maximum Gasteiger partial charge on any atom is 0.326 e. The lowest BCUT2D eigenvalue weighted by Gasteiger charge is -2.35. The number of amides is 6. The zero-order valence-electron chi connectivity index (χ0n) is 41.6. The number of aromatic nitrogens is 2. The van der Waals surface area contributed by atoms with Crippen LogP contribution >= 0.6 is 0 Å². The summed E-state index contributed by atoms with van der Waals surface area (Å²) in [5, 5.41) is 84.7. The number of nitrogens with two attached hydrogens (primary N) is 1. The Morgan fingerprint density at radius 3 is 1.23 bits per heavy atom. The molecule has 1 aliphatic heterocycles. The number of H-pyrrole nitrogens is 1. The second kappa shape index (κ2) is 30.1. The van der Waals surface area contributed by atoms with Crippen LogP contribution in [0.15, 0.2) is 29.1 Å². The van der Waals surface area contributed by atoms with Gasteiger partial charge in [0.1, 0.15) is 41.9 Å². The number of nitrogens with zero attached hydrogens (tertiary/aromatic N) is 2. The van der Waals surface area contributed by atoms with Gasteiger partial charge in [-0.25, -0.2) is 4.79 Å². The number of nitrogen functional groups attached to an aromatic ring is 1. The third-order valence-electron chi connectivity index (χ3n) is 11.7. The van der Waals surface area contributed by atoms with Gasteiger partial charge >= 0.3 is 41.8 Å². The molecule has 1 unspecified atom stereocenters. The third-order valence-corrected chi connectivity index (χ3v) is 11.7. The molecule has 0 saturated carbocycles. The normalized spacial score (nSPS) is 14.8. The van der Waals surface area contributed by atoms with Gasteiger partial charge in [0.15, 0.2) is 5.82 Å². The summed E-state index contributed by atoms with van der Waals surface area (Å²) >= 11 is 0. The van der Waals surface area contributed by atoms with Crippen molar-refractivity contribution in [2.24, 2.45) is 0 Å². The number of rotatable bonds is 34. The van der Waals surface area contributed by atoms with E-state index < -0.39 is 196 Å². The third kappa shape index (κ3) is 21.0.